The number of rotatable bonds is 11. The first kappa shape index (κ1) is 26.1. The van der Waals surface area contributed by atoms with E-state index in [1.807, 2.05) is 66.7 Å². The number of nitrogens with zero attached hydrogens (tertiary/aromatic N) is 3. The molecule has 0 unspecified atom stereocenters. The van der Waals surface area contributed by atoms with Gasteiger partial charge >= 0.3 is 5.69 Å². The number of benzene rings is 3. The van der Waals surface area contributed by atoms with E-state index < -0.39 is 5.60 Å². The summed E-state index contributed by atoms with van der Waals surface area (Å²) < 4.78 is 9.21. The number of aryl methyl sites for hydroxylation is 3. The van der Waals surface area contributed by atoms with Gasteiger partial charge in [-0.15, -0.1) is 0 Å². The summed E-state index contributed by atoms with van der Waals surface area (Å²) in [6.07, 6.45) is 2.40. The van der Waals surface area contributed by atoms with Gasteiger partial charge < -0.3 is 4.74 Å². The predicted octanol–water partition coefficient (Wildman–Crippen LogP) is 5.37. The second kappa shape index (κ2) is 11.4. The predicted molar refractivity (Wildman–Crippen MR) is 146 cm³/mol. The Labute approximate surface area is 218 Å². The van der Waals surface area contributed by atoms with Crippen LogP contribution >= 0.6 is 0 Å². The molecule has 0 spiro atoms. The van der Waals surface area contributed by atoms with Crippen LogP contribution in [0.2, 0.25) is 0 Å². The van der Waals surface area contributed by atoms with Crippen LogP contribution in [0.3, 0.4) is 0 Å². The first-order valence-corrected chi connectivity index (χ1v) is 12.8. The van der Waals surface area contributed by atoms with Crippen LogP contribution in [0.4, 0.5) is 0 Å². The van der Waals surface area contributed by atoms with Gasteiger partial charge in [-0.2, -0.15) is 5.10 Å². The highest BCUT2D eigenvalue weighted by Crippen LogP contribution is 2.20. The number of hydrogen-bond acceptors (Lipinski definition) is 4. The molecule has 0 bridgehead atoms. The van der Waals surface area contributed by atoms with E-state index in [1.165, 1.54) is 18.1 Å². The van der Waals surface area contributed by atoms with E-state index in [2.05, 4.69) is 19.1 Å². The molecule has 1 aromatic heterocycles. The van der Waals surface area contributed by atoms with Gasteiger partial charge in [-0.25, -0.2) is 9.48 Å². The summed E-state index contributed by atoms with van der Waals surface area (Å²) in [7, 11) is 0. The summed E-state index contributed by atoms with van der Waals surface area (Å²) in [4.78, 5) is 25.1. The molecule has 0 aliphatic heterocycles. The summed E-state index contributed by atoms with van der Waals surface area (Å²) in [6.45, 7) is 8.09. The van der Waals surface area contributed by atoms with Gasteiger partial charge in [0.15, 0.2) is 11.4 Å². The van der Waals surface area contributed by atoms with Crippen LogP contribution < -0.4 is 10.4 Å². The molecule has 0 aliphatic rings. The minimum absolute atomic E-state index is 0.0139. The van der Waals surface area contributed by atoms with Crippen LogP contribution in [0.15, 0.2) is 83.7 Å². The average Bonchev–Trinajstić information content (AvgIpc) is 3.16. The standard InChI is InChI=1S/C31H35N3O3/c1-23-13-15-27(16-14-23)22-34-30(36)33(21-26-9-6-5-7-10-26)29(32-34)12-8-11-25-17-19-28(20-18-25)37-31(3,4)24(2)35/h5-7,9-10,13-20H,8,11-12,21-22H2,1-4H3. The minimum Gasteiger partial charge on any atom is -0.480 e. The second-order valence-electron chi connectivity index (χ2n) is 10.1. The summed E-state index contributed by atoms with van der Waals surface area (Å²) in [5, 5.41) is 4.74. The third kappa shape index (κ3) is 6.85. The molecule has 0 aliphatic carbocycles. The van der Waals surface area contributed by atoms with Crippen LogP contribution in [0.25, 0.3) is 0 Å². The second-order valence-corrected chi connectivity index (χ2v) is 10.1. The number of carbonyl (C=O) groups is 1. The van der Waals surface area contributed by atoms with E-state index in [1.54, 1.807) is 23.1 Å². The zero-order chi connectivity index (χ0) is 26.4. The Morgan fingerprint density at radius 2 is 1.46 bits per heavy atom. The van der Waals surface area contributed by atoms with E-state index in [0.29, 0.717) is 25.3 Å². The lowest BCUT2D eigenvalue weighted by Crippen LogP contribution is -2.36. The Balaban J connectivity index is 1.47. The van der Waals surface area contributed by atoms with Crippen LogP contribution in [-0.4, -0.2) is 25.7 Å². The van der Waals surface area contributed by atoms with E-state index in [9.17, 15) is 9.59 Å². The summed E-state index contributed by atoms with van der Waals surface area (Å²) in [5.74, 6) is 1.46. The maximum Gasteiger partial charge on any atom is 0.346 e. The van der Waals surface area contributed by atoms with Crippen molar-refractivity contribution >= 4 is 5.78 Å². The molecule has 0 fully saturated rings. The van der Waals surface area contributed by atoms with Crippen molar-refractivity contribution in [2.24, 2.45) is 0 Å². The number of ketones is 1. The van der Waals surface area contributed by atoms with Gasteiger partial charge in [-0.1, -0.05) is 72.3 Å². The maximum atomic E-state index is 13.3. The fourth-order valence-corrected chi connectivity index (χ4v) is 4.11. The zero-order valence-electron chi connectivity index (χ0n) is 22.1. The molecular formula is C31H35N3O3. The smallest absolute Gasteiger partial charge is 0.346 e. The SMILES string of the molecule is CC(=O)C(C)(C)Oc1ccc(CCCc2nn(Cc3ccc(C)cc3)c(=O)n2Cc2ccccc2)cc1. The van der Waals surface area contributed by atoms with E-state index in [-0.39, 0.29) is 11.5 Å². The van der Waals surface area contributed by atoms with Crippen LogP contribution in [-0.2, 0) is 30.7 Å². The highest BCUT2D eigenvalue weighted by atomic mass is 16.5. The third-order valence-electron chi connectivity index (χ3n) is 6.65. The molecule has 3 aromatic carbocycles. The quantitative estimate of drug-likeness (QED) is 0.279. The average molecular weight is 498 g/mol. The Morgan fingerprint density at radius 1 is 0.838 bits per heavy atom. The molecule has 0 amide bonds. The molecule has 0 saturated heterocycles. The van der Waals surface area contributed by atoms with Crippen molar-refractivity contribution in [2.45, 2.75) is 65.6 Å². The van der Waals surface area contributed by atoms with E-state index in [4.69, 9.17) is 9.84 Å². The van der Waals surface area contributed by atoms with Crippen molar-refractivity contribution in [1.29, 1.82) is 0 Å². The van der Waals surface area contributed by atoms with Gasteiger partial charge in [0.05, 0.1) is 13.1 Å². The number of aromatic nitrogens is 3. The molecule has 0 atom stereocenters. The Kier molecular flexibility index (Phi) is 8.07. The molecule has 6 nitrogen and oxygen atoms in total. The van der Waals surface area contributed by atoms with Gasteiger partial charge in [-0.3, -0.25) is 9.36 Å². The van der Waals surface area contributed by atoms with Gasteiger partial charge in [0.25, 0.3) is 0 Å². The first-order valence-electron chi connectivity index (χ1n) is 12.8. The van der Waals surface area contributed by atoms with Crippen LogP contribution in [0.5, 0.6) is 5.75 Å². The maximum absolute atomic E-state index is 13.3. The largest absolute Gasteiger partial charge is 0.480 e. The molecule has 4 rings (SSSR count). The van der Waals surface area contributed by atoms with Crippen molar-refractivity contribution in [3.63, 3.8) is 0 Å². The monoisotopic (exact) mass is 497 g/mol. The molecule has 0 radical (unpaired) electrons. The van der Waals surface area contributed by atoms with E-state index >= 15 is 0 Å². The molecule has 4 aromatic rings. The summed E-state index contributed by atoms with van der Waals surface area (Å²) >= 11 is 0. The Bertz CT molecular complexity index is 1380. The van der Waals surface area contributed by atoms with Crippen molar-refractivity contribution in [2.75, 3.05) is 0 Å². The zero-order valence-corrected chi connectivity index (χ0v) is 22.1. The fourth-order valence-electron chi connectivity index (χ4n) is 4.11. The van der Waals surface area contributed by atoms with Crippen molar-refractivity contribution < 1.29 is 9.53 Å². The first-order chi connectivity index (χ1) is 17.7. The normalized spacial score (nSPS) is 11.5. The highest BCUT2D eigenvalue weighted by Gasteiger charge is 2.25. The molecule has 6 heteroatoms. The van der Waals surface area contributed by atoms with Crippen LogP contribution in [0, 0.1) is 6.92 Å². The number of Topliss-reactive ketones (excluding diaryl/α,β-unsaturated/α-hetero) is 1. The highest BCUT2D eigenvalue weighted by molar-refractivity contribution is 5.84. The molecule has 1 heterocycles. The van der Waals surface area contributed by atoms with Crippen molar-refractivity contribution in [1.82, 2.24) is 14.3 Å². The molecule has 0 saturated carbocycles. The van der Waals surface area contributed by atoms with Gasteiger partial charge in [0.2, 0.25) is 0 Å². The van der Waals surface area contributed by atoms with Gasteiger partial charge in [0, 0.05) is 6.42 Å². The fraction of sp³-hybridized carbons (Fsp3) is 0.323. The van der Waals surface area contributed by atoms with Crippen molar-refractivity contribution in [3.05, 3.63) is 117 Å². The lowest BCUT2D eigenvalue weighted by molar-refractivity contribution is -0.129. The number of carbonyl (C=O) groups excluding carboxylic acids is 1. The topological polar surface area (TPSA) is 66.1 Å². The van der Waals surface area contributed by atoms with E-state index in [0.717, 1.165) is 29.8 Å². The Morgan fingerprint density at radius 3 is 2.11 bits per heavy atom. The lowest BCUT2D eigenvalue weighted by atomic mass is 10.0. The minimum atomic E-state index is -0.846. The van der Waals surface area contributed by atoms with Gasteiger partial charge in [-0.05, 0) is 69.4 Å². The molecule has 37 heavy (non-hydrogen) atoms. The van der Waals surface area contributed by atoms with Crippen molar-refractivity contribution in [3.8, 4) is 5.75 Å². The summed E-state index contributed by atoms with van der Waals surface area (Å²) in [5.41, 5.74) is 3.55. The third-order valence-corrected chi connectivity index (χ3v) is 6.65. The molecule has 192 valence electrons. The molecular weight excluding hydrogens is 462 g/mol. The number of ether oxygens (including phenoxy) is 1. The van der Waals surface area contributed by atoms with Gasteiger partial charge in [0.1, 0.15) is 11.6 Å². The van der Waals surface area contributed by atoms with Crippen LogP contribution in [0.1, 0.15) is 55.3 Å². The molecule has 0 N–H and O–H groups in total. The summed E-state index contributed by atoms with van der Waals surface area (Å²) in [6, 6.07) is 26.1. The number of hydrogen-bond donors (Lipinski definition) is 0. The Hall–Kier alpha value is -3.93. The lowest BCUT2D eigenvalue weighted by Gasteiger charge is -2.23.